The number of aromatic nitrogens is 1. The van der Waals surface area contributed by atoms with Crippen molar-refractivity contribution in [2.75, 3.05) is 19.0 Å². The Hall–Kier alpha value is -2.16. The van der Waals surface area contributed by atoms with Gasteiger partial charge in [-0.3, -0.25) is 9.78 Å². The Morgan fingerprint density at radius 2 is 1.72 bits per heavy atom. The van der Waals surface area contributed by atoms with Crippen molar-refractivity contribution in [3.63, 3.8) is 0 Å². The van der Waals surface area contributed by atoms with Crippen LogP contribution in [0.5, 0.6) is 0 Å². The van der Waals surface area contributed by atoms with Gasteiger partial charge in [0, 0.05) is 43.3 Å². The largest absolute Gasteiger partial charge is 0.378 e. The lowest BCUT2D eigenvalue weighted by Gasteiger charge is -2.12. The Labute approximate surface area is 107 Å². The second-order valence-electron chi connectivity index (χ2n) is 4.52. The molecule has 0 spiro atoms. The van der Waals surface area contributed by atoms with Crippen molar-refractivity contribution in [1.82, 2.24) is 4.98 Å². The fourth-order valence-electron chi connectivity index (χ4n) is 1.76. The third-order valence-corrected chi connectivity index (χ3v) is 2.78. The molecule has 0 saturated carbocycles. The first-order valence-corrected chi connectivity index (χ1v) is 5.81. The highest BCUT2D eigenvalue weighted by Gasteiger charge is 2.09. The van der Waals surface area contributed by atoms with Gasteiger partial charge in [0.15, 0.2) is 5.78 Å². The smallest absolute Gasteiger partial charge is 0.194 e. The van der Waals surface area contributed by atoms with Gasteiger partial charge in [-0.15, -0.1) is 0 Å². The molecule has 3 nitrogen and oxygen atoms in total. The highest BCUT2D eigenvalue weighted by Crippen LogP contribution is 2.15. The van der Waals surface area contributed by atoms with Crippen molar-refractivity contribution in [3.05, 3.63) is 59.4 Å². The van der Waals surface area contributed by atoms with Crippen LogP contribution in [0.3, 0.4) is 0 Å². The molecule has 0 aliphatic rings. The molecule has 0 amide bonds. The molecule has 0 radical (unpaired) electrons. The summed E-state index contributed by atoms with van der Waals surface area (Å²) in [4.78, 5) is 18.3. The Morgan fingerprint density at radius 1 is 1.06 bits per heavy atom. The number of carbonyl (C=O) groups excluding carboxylic acids is 1. The number of hydrogen-bond donors (Lipinski definition) is 0. The number of carbonyl (C=O) groups is 1. The van der Waals surface area contributed by atoms with Gasteiger partial charge in [-0.1, -0.05) is 0 Å². The molecule has 2 rings (SSSR count). The number of hydrogen-bond acceptors (Lipinski definition) is 3. The number of benzene rings is 1. The molecular weight excluding hydrogens is 224 g/mol. The molecule has 0 bridgehead atoms. The number of anilines is 1. The SMILES string of the molecule is Cc1cncc(C(=O)c2ccc(N(C)C)cc2)c1. The second-order valence-corrected chi connectivity index (χ2v) is 4.52. The van der Waals surface area contributed by atoms with Gasteiger partial charge in [-0.25, -0.2) is 0 Å². The van der Waals surface area contributed by atoms with Crippen molar-refractivity contribution >= 4 is 11.5 Å². The minimum absolute atomic E-state index is 0.0107. The quantitative estimate of drug-likeness (QED) is 0.773. The van der Waals surface area contributed by atoms with Crippen molar-refractivity contribution in [1.29, 1.82) is 0 Å². The van der Waals surface area contributed by atoms with Gasteiger partial charge >= 0.3 is 0 Å². The van der Waals surface area contributed by atoms with Crippen molar-refractivity contribution in [3.8, 4) is 0 Å². The molecule has 92 valence electrons. The normalized spacial score (nSPS) is 10.2. The van der Waals surface area contributed by atoms with Gasteiger partial charge in [-0.2, -0.15) is 0 Å². The number of rotatable bonds is 3. The molecule has 0 unspecified atom stereocenters. The van der Waals surface area contributed by atoms with Gasteiger partial charge in [0.05, 0.1) is 0 Å². The summed E-state index contributed by atoms with van der Waals surface area (Å²) in [7, 11) is 3.95. The zero-order chi connectivity index (χ0) is 13.1. The monoisotopic (exact) mass is 240 g/mol. The number of ketones is 1. The van der Waals surface area contributed by atoms with Crippen LogP contribution in [0.2, 0.25) is 0 Å². The summed E-state index contributed by atoms with van der Waals surface area (Å²) < 4.78 is 0. The lowest BCUT2D eigenvalue weighted by atomic mass is 10.0. The molecule has 0 fully saturated rings. The molecule has 1 aromatic heterocycles. The number of nitrogens with zero attached hydrogens (tertiary/aromatic N) is 2. The maximum absolute atomic E-state index is 12.2. The van der Waals surface area contributed by atoms with Gasteiger partial charge in [0.1, 0.15) is 0 Å². The van der Waals surface area contributed by atoms with Crippen LogP contribution in [-0.4, -0.2) is 24.9 Å². The van der Waals surface area contributed by atoms with E-state index in [-0.39, 0.29) is 5.78 Å². The predicted molar refractivity (Wildman–Crippen MR) is 73.2 cm³/mol. The van der Waals surface area contributed by atoms with Gasteiger partial charge in [0.25, 0.3) is 0 Å². The molecule has 0 atom stereocenters. The van der Waals surface area contributed by atoms with Crippen LogP contribution < -0.4 is 4.90 Å². The average Bonchev–Trinajstić information content (AvgIpc) is 2.38. The summed E-state index contributed by atoms with van der Waals surface area (Å²) in [6.45, 7) is 1.93. The van der Waals surface area contributed by atoms with E-state index in [1.54, 1.807) is 12.4 Å². The van der Waals surface area contributed by atoms with Gasteiger partial charge < -0.3 is 4.90 Å². The molecular formula is C15H16N2O. The van der Waals surface area contributed by atoms with Crippen LogP contribution in [0.1, 0.15) is 21.5 Å². The van der Waals surface area contributed by atoms with Crippen molar-refractivity contribution in [2.45, 2.75) is 6.92 Å². The van der Waals surface area contributed by atoms with E-state index in [9.17, 15) is 4.79 Å². The Kier molecular flexibility index (Phi) is 3.42. The summed E-state index contributed by atoms with van der Waals surface area (Å²) in [5.74, 6) is 0.0107. The number of pyridine rings is 1. The molecule has 18 heavy (non-hydrogen) atoms. The maximum Gasteiger partial charge on any atom is 0.194 e. The Bertz CT molecular complexity index is 559. The van der Waals surface area contributed by atoms with E-state index in [1.807, 2.05) is 56.3 Å². The summed E-state index contributed by atoms with van der Waals surface area (Å²) in [6, 6.07) is 9.43. The van der Waals surface area contributed by atoms with Gasteiger partial charge in [-0.05, 0) is 42.8 Å². The first-order valence-electron chi connectivity index (χ1n) is 5.81. The third kappa shape index (κ3) is 2.56. The third-order valence-electron chi connectivity index (χ3n) is 2.78. The van der Waals surface area contributed by atoms with Crippen LogP contribution in [0.15, 0.2) is 42.7 Å². The maximum atomic E-state index is 12.2. The van der Waals surface area contributed by atoms with Crippen LogP contribution in [0, 0.1) is 6.92 Å². The minimum Gasteiger partial charge on any atom is -0.378 e. The second kappa shape index (κ2) is 5.00. The molecule has 2 aromatic rings. The fraction of sp³-hybridized carbons (Fsp3) is 0.200. The van der Waals surface area contributed by atoms with Crippen molar-refractivity contribution in [2.24, 2.45) is 0 Å². The summed E-state index contributed by atoms with van der Waals surface area (Å²) in [5.41, 5.74) is 3.39. The molecule has 0 N–H and O–H groups in total. The lowest BCUT2D eigenvalue weighted by Crippen LogP contribution is -2.09. The molecule has 3 heteroatoms. The molecule has 1 aromatic carbocycles. The highest BCUT2D eigenvalue weighted by atomic mass is 16.1. The average molecular weight is 240 g/mol. The lowest BCUT2D eigenvalue weighted by molar-refractivity contribution is 0.103. The molecule has 0 aliphatic carbocycles. The zero-order valence-electron chi connectivity index (χ0n) is 10.8. The van der Waals surface area contributed by atoms with Crippen LogP contribution in [0.4, 0.5) is 5.69 Å². The minimum atomic E-state index is 0.0107. The first-order chi connectivity index (χ1) is 8.58. The van der Waals surface area contributed by atoms with E-state index in [2.05, 4.69) is 4.98 Å². The standard InChI is InChI=1S/C15H16N2O/c1-11-8-13(10-16-9-11)15(18)12-4-6-14(7-5-12)17(2)3/h4-10H,1-3H3. The highest BCUT2D eigenvalue weighted by molar-refractivity contribution is 6.09. The topological polar surface area (TPSA) is 33.2 Å². The van der Waals surface area contributed by atoms with E-state index in [1.165, 1.54) is 0 Å². The summed E-state index contributed by atoms with van der Waals surface area (Å²) in [6.07, 6.45) is 3.35. The Morgan fingerprint density at radius 3 is 2.28 bits per heavy atom. The molecule has 0 saturated heterocycles. The Balaban J connectivity index is 2.29. The molecule has 1 heterocycles. The first kappa shape index (κ1) is 12.3. The van der Waals surface area contributed by atoms with Crippen LogP contribution in [0.25, 0.3) is 0 Å². The number of aryl methyl sites for hydroxylation is 1. The van der Waals surface area contributed by atoms with Gasteiger partial charge in [0.2, 0.25) is 0 Å². The predicted octanol–water partition coefficient (Wildman–Crippen LogP) is 2.69. The van der Waals surface area contributed by atoms with E-state index in [0.717, 1.165) is 11.3 Å². The zero-order valence-corrected chi connectivity index (χ0v) is 10.8. The van der Waals surface area contributed by atoms with E-state index in [4.69, 9.17) is 0 Å². The van der Waals surface area contributed by atoms with E-state index in [0.29, 0.717) is 11.1 Å². The van der Waals surface area contributed by atoms with E-state index < -0.39 is 0 Å². The van der Waals surface area contributed by atoms with Crippen molar-refractivity contribution < 1.29 is 4.79 Å². The fourth-order valence-corrected chi connectivity index (χ4v) is 1.76. The van der Waals surface area contributed by atoms with Crippen LogP contribution in [-0.2, 0) is 0 Å². The summed E-state index contributed by atoms with van der Waals surface area (Å²) in [5, 5.41) is 0. The summed E-state index contributed by atoms with van der Waals surface area (Å²) >= 11 is 0. The molecule has 0 aliphatic heterocycles. The van der Waals surface area contributed by atoms with E-state index >= 15 is 0 Å². The van der Waals surface area contributed by atoms with Crippen LogP contribution >= 0.6 is 0 Å².